The molecular weight excluding hydrogens is 436 g/mol. The van der Waals surface area contributed by atoms with Crippen molar-refractivity contribution in [1.82, 2.24) is 0 Å². The largest absolute Gasteiger partial charge is 0.497 e. The van der Waals surface area contributed by atoms with E-state index >= 15 is 0 Å². The normalized spacial score (nSPS) is 25.1. The Kier molecular flexibility index (Phi) is 6.54. The van der Waals surface area contributed by atoms with Crippen LogP contribution >= 0.6 is 0 Å². The lowest BCUT2D eigenvalue weighted by molar-refractivity contribution is -0.277. The van der Waals surface area contributed by atoms with Crippen LogP contribution in [0.15, 0.2) is 51.7 Å². The summed E-state index contributed by atoms with van der Waals surface area (Å²) in [6.07, 6.45) is -7.24. The number of rotatable bonds is 6. The molecule has 0 amide bonds. The third kappa shape index (κ3) is 4.39. The summed E-state index contributed by atoms with van der Waals surface area (Å²) in [6, 6.07) is 11.1. The molecule has 2 aromatic carbocycles. The van der Waals surface area contributed by atoms with Gasteiger partial charge in [-0.2, -0.15) is 0 Å². The molecule has 1 aliphatic heterocycles. The van der Waals surface area contributed by atoms with E-state index in [0.29, 0.717) is 17.1 Å². The fraction of sp³-hybridized carbons (Fsp3) is 0.348. The van der Waals surface area contributed by atoms with Gasteiger partial charge >= 0.3 is 0 Å². The molecule has 1 aliphatic rings. The highest BCUT2D eigenvalue weighted by atomic mass is 16.7. The minimum atomic E-state index is -1.60. The van der Waals surface area contributed by atoms with E-state index in [0.717, 1.165) is 0 Å². The van der Waals surface area contributed by atoms with Crippen LogP contribution in [-0.2, 0) is 4.74 Å². The summed E-state index contributed by atoms with van der Waals surface area (Å²) in [4.78, 5) is 12.8. The van der Waals surface area contributed by atoms with Crippen LogP contribution in [0.25, 0.3) is 22.3 Å². The summed E-state index contributed by atoms with van der Waals surface area (Å²) in [5.74, 6) is 1.24. The van der Waals surface area contributed by atoms with Crippen molar-refractivity contribution in [1.29, 1.82) is 0 Å². The molecule has 1 saturated heterocycles. The predicted octanol–water partition coefficient (Wildman–Crippen LogP) is 0.656. The van der Waals surface area contributed by atoms with Crippen LogP contribution in [0.4, 0.5) is 0 Å². The number of fused-ring (bicyclic) bond motifs is 1. The summed E-state index contributed by atoms with van der Waals surface area (Å²) in [5.41, 5.74) is 0.472. The van der Waals surface area contributed by atoms with Crippen molar-refractivity contribution in [2.75, 3.05) is 20.8 Å². The molecule has 2 heterocycles. The Morgan fingerprint density at radius 3 is 2.27 bits per heavy atom. The molecule has 176 valence electrons. The Labute approximate surface area is 188 Å². The third-order valence-electron chi connectivity index (χ3n) is 5.46. The molecule has 5 atom stereocenters. The summed E-state index contributed by atoms with van der Waals surface area (Å²) in [6.45, 7) is -0.591. The quantitative estimate of drug-likeness (QED) is 0.413. The zero-order valence-electron chi connectivity index (χ0n) is 17.9. The molecule has 0 unspecified atom stereocenters. The van der Waals surface area contributed by atoms with Gasteiger partial charge < -0.3 is 43.8 Å². The lowest BCUT2D eigenvalue weighted by Crippen LogP contribution is -2.60. The minimum absolute atomic E-state index is 0.110. The number of benzene rings is 2. The summed E-state index contributed by atoms with van der Waals surface area (Å²) >= 11 is 0. The maximum Gasteiger partial charge on any atom is 0.229 e. The fourth-order valence-corrected chi connectivity index (χ4v) is 3.65. The van der Waals surface area contributed by atoms with Crippen LogP contribution in [0.2, 0.25) is 0 Å². The molecule has 0 bridgehead atoms. The molecule has 0 spiro atoms. The van der Waals surface area contributed by atoms with Gasteiger partial charge in [0, 0.05) is 23.8 Å². The standard InChI is InChI=1S/C23H24O10/c1-29-12-5-3-11(4-6-12)15-9-14(25)19-16(30-2)7-13(8-17(19)32-15)31-23-22(28)21(27)20(26)18(10-24)33-23/h3-9,18,20-24,26-28H,10H2,1-2H3/t18-,20-,21+,22-,23-/m1/s1. The highest BCUT2D eigenvalue weighted by Crippen LogP contribution is 2.34. The van der Waals surface area contributed by atoms with Gasteiger partial charge in [-0.25, -0.2) is 0 Å². The van der Waals surface area contributed by atoms with E-state index in [-0.39, 0.29) is 27.9 Å². The first-order valence-corrected chi connectivity index (χ1v) is 10.1. The molecule has 0 radical (unpaired) electrons. The fourth-order valence-electron chi connectivity index (χ4n) is 3.65. The van der Waals surface area contributed by atoms with Gasteiger partial charge in [-0.3, -0.25) is 4.79 Å². The molecular formula is C23H24O10. The molecule has 4 N–H and O–H groups in total. The van der Waals surface area contributed by atoms with Gasteiger partial charge in [0.2, 0.25) is 6.29 Å². The molecule has 1 aromatic heterocycles. The number of aliphatic hydroxyl groups is 4. The van der Waals surface area contributed by atoms with Gasteiger partial charge in [-0.15, -0.1) is 0 Å². The Hall–Kier alpha value is -3.15. The Bertz CT molecular complexity index is 1170. The first kappa shape index (κ1) is 23.0. The van der Waals surface area contributed by atoms with Gasteiger partial charge in [0.1, 0.15) is 58.4 Å². The second-order valence-corrected chi connectivity index (χ2v) is 7.52. The predicted molar refractivity (Wildman–Crippen MR) is 115 cm³/mol. The van der Waals surface area contributed by atoms with Gasteiger partial charge in [-0.05, 0) is 24.3 Å². The highest BCUT2D eigenvalue weighted by Gasteiger charge is 2.44. The Balaban J connectivity index is 1.73. The van der Waals surface area contributed by atoms with E-state index < -0.39 is 37.3 Å². The Morgan fingerprint density at radius 1 is 0.909 bits per heavy atom. The van der Waals surface area contributed by atoms with Crippen LogP contribution in [0, 0.1) is 0 Å². The van der Waals surface area contributed by atoms with Crippen LogP contribution in [0.3, 0.4) is 0 Å². The average molecular weight is 460 g/mol. The SMILES string of the molecule is COc1ccc(-c2cc(=O)c3c(OC)cc(O[C@@H]4O[C@H](CO)[C@@H](O)[C@H](O)[C@H]4O)cc3o2)cc1. The van der Waals surface area contributed by atoms with Crippen LogP contribution in [-0.4, -0.2) is 72.0 Å². The lowest BCUT2D eigenvalue weighted by Gasteiger charge is -2.39. The van der Waals surface area contributed by atoms with Crippen LogP contribution in [0.5, 0.6) is 17.2 Å². The lowest BCUT2D eigenvalue weighted by atomic mass is 9.99. The third-order valence-corrected chi connectivity index (χ3v) is 5.46. The van der Waals surface area contributed by atoms with E-state index in [1.165, 1.54) is 25.3 Å². The maximum absolute atomic E-state index is 12.8. The monoisotopic (exact) mass is 460 g/mol. The number of hydrogen-bond donors (Lipinski definition) is 4. The minimum Gasteiger partial charge on any atom is -0.497 e. The molecule has 33 heavy (non-hydrogen) atoms. The van der Waals surface area contributed by atoms with E-state index in [4.69, 9.17) is 23.4 Å². The topological polar surface area (TPSA) is 148 Å². The second-order valence-electron chi connectivity index (χ2n) is 7.52. The number of hydrogen-bond acceptors (Lipinski definition) is 10. The molecule has 3 aromatic rings. The number of methoxy groups -OCH3 is 2. The van der Waals surface area contributed by atoms with Crippen LogP contribution < -0.4 is 19.6 Å². The number of ether oxygens (including phenoxy) is 4. The second kappa shape index (κ2) is 9.38. The average Bonchev–Trinajstić information content (AvgIpc) is 2.83. The van der Waals surface area contributed by atoms with Gasteiger partial charge in [0.25, 0.3) is 0 Å². The smallest absolute Gasteiger partial charge is 0.229 e. The van der Waals surface area contributed by atoms with Crippen molar-refractivity contribution >= 4 is 11.0 Å². The molecule has 10 heteroatoms. The van der Waals surface area contributed by atoms with E-state index in [9.17, 15) is 25.2 Å². The van der Waals surface area contributed by atoms with E-state index in [1.807, 2.05) is 0 Å². The molecule has 0 saturated carbocycles. The van der Waals surface area contributed by atoms with E-state index in [2.05, 4.69) is 0 Å². The van der Waals surface area contributed by atoms with Crippen molar-refractivity contribution in [3.63, 3.8) is 0 Å². The van der Waals surface area contributed by atoms with Crippen molar-refractivity contribution in [2.45, 2.75) is 30.7 Å². The first-order valence-electron chi connectivity index (χ1n) is 10.1. The van der Waals surface area contributed by atoms with Crippen molar-refractivity contribution in [2.24, 2.45) is 0 Å². The molecule has 0 aliphatic carbocycles. The zero-order valence-corrected chi connectivity index (χ0v) is 17.9. The van der Waals surface area contributed by atoms with Crippen molar-refractivity contribution in [3.8, 4) is 28.6 Å². The zero-order chi connectivity index (χ0) is 23.7. The summed E-state index contributed by atoms with van der Waals surface area (Å²) < 4.78 is 27.5. The van der Waals surface area contributed by atoms with E-state index in [1.54, 1.807) is 31.4 Å². The van der Waals surface area contributed by atoms with Crippen LogP contribution in [0.1, 0.15) is 0 Å². The van der Waals surface area contributed by atoms with Gasteiger partial charge in [0.05, 0.1) is 20.8 Å². The van der Waals surface area contributed by atoms with Gasteiger partial charge in [0.15, 0.2) is 5.43 Å². The van der Waals surface area contributed by atoms with Crippen molar-refractivity contribution < 1.29 is 43.8 Å². The maximum atomic E-state index is 12.8. The Morgan fingerprint density at radius 2 is 1.64 bits per heavy atom. The molecule has 1 fully saturated rings. The summed E-state index contributed by atoms with van der Waals surface area (Å²) in [7, 11) is 2.93. The molecule has 4 rings (SSSR count). The first-order chi connectivity index (χ1) is 15.9. The van der Waals surface area contributed by atoms with Crippen molar-refractivity contribution in [3.05, 3.63) is 52.7 Å². The summed E-state index contributed by atoms with van der Waals surface area (Å²) in [5, 5.41) is 39.7. The number of aliphatic hydroxyl groups excluding tert-OH is 4. The van der Waals surface area contributed by atoms with Gasteiger partial charge in [-0.1, -0.05) is 0 Å². The molecule has 10 nitrogen and oxygen atoms in total. The highest BCUT2D eigenvalue weighted by molar-refractivity contribution is 5.86.